The highest BCUT2D eigenvalue weighted by Gasteiger charge is 2.02. The summed E-state index contributed by atoms with van der Waals surface area (Å²) in [5, 5.41) is 0. The van der Waals surface area contributed by atoms with Crippen LogP contribution in [0.4, 0.5) is 0 Å². The Kier molecular flexibility index (Phi) is 3.07. The van der Waals surface area contributed by atoms with E-state index in [9.17, 15) is 4.79 Å². The first-order valence-corrected chi connectivity index (χ1v) is 4.97. The summed E-state index contributed by atoms with van der Waals surface area (Å²) in [6.45, 7) is 0.263. The van der Waals surface area contributed by atoms with Crippen molar-refractivity contribution in [1.82, 2.24) is 15.0 Å². The lowest BCUT2D eigenvalue weighted by atomic mass is 10.2. The maximum Gasteiger partial charge on any atom is 0.251 e. The number of rotatable bonds is 3. The second kappa shape index (κ2) is 4.67. The zero-order chi connectivity index (χ0) is 11.4. The number of nitrogens with zero attached hydrogens (tertiary/aromatic N) is 2. The van der Waals surface area contributed by atoms with E-state index >= 15 is 0 Å². The Balaban J connectivity index is 2.28. The van der Waals surface area contributed by atoms with Gasteiger partial charge < -0.3 is 10.7 Å². The molecule has 2 rings (SSSR count). The molecule has 2 heterocycles. The van der Waals surface area contributed by atoms with Crippen LogP contribution in [-0.2, 0) is 13.0 Å². The van der Waals surface area contributed by atoms with Crippen molar-refractivity contribution in [2.24, 2.45) is 5.73 Å². The predicted octanol–water partition coefficient (Wildman–Crippen LogP) is 0.214. The Morgan fingerprint density at radius 2 is 2.19 bits per heavy atom. The van der Waals surface area contributed by atoms with Crippen LogP contribution >= 0.6 is 0 Å². The molecule has 5 nitrogen and oxygen atoms in total. The largest absolute Gasteiger partial charge is 0.325 e. The van der Waals surface area contributed by atoms with Gasteiger partial charge in [-0.2, -0.15) is 0 Å². The number of aromatic amines is 1. The molecule has 2 aromatic rings. The highest BCUT2D eigenvalue weighted by Crippen LogP contribution is 2.00. The molecule has 0 unspecified atom stereocenters. The molecule has 0 aromatic carbocycles. The van der Waals surface area contributed by atoms with Crippen LogP contribution in [-0.4, -0.2) is 15.0 Å². The lowest BCUT2D eigenvalue weighted by Crippen LogP contribution is -2.15. The molecular weight excluding hydrogens is 204 g/mol. The number of pyridine rings is 1. The van der Waals surface area contributed by atoms with Crippen molar-refractivity contribution < 1.29 is 0 Å². The minimum atomic E-state index is -0.179. The van der Waals surface area contributed by atoms with Gasteiger partial charge in [0.2, 0.25) is 0 Å². The first-order chi connectivity index (χ1) is 7.78. The summed E-state index contributed by atoms with van der Waals surface area (Å²) < 4.78 is 0. The van der Waals surface area contributed by atoms with E-state index in [0.29, 0.717) is 17.9 Å². The second-order valence-electron chi connectivity index (χ2n) is 3.39. The van der Waals surface area contributed by atoms with Gasteiger partial charge in [-0.15, -0.1) is 0 Å². The number of aromatic nitrogens is 3. The van der Waals surface area contributed by atoms with Crippen molar-refractivity contribution in [2.75, 3.05) is 0 Å². The molecule has 0 fully saturated rings. The highest BCUT2D eigenvalue weighted by atomic mass is 16.1. The molecular formula is C11H12N4O. The molecule has 0 aliphatic heterocycles. The maximum atomic E-state index is 11.3. The first kappa shape index (κ1) is 10.5. The van der Waals surface area contributed by atoms with Crippen LogP contribution in [0.5, 0.6) is 0 Å². The van der Waals surface area contributed by atoms with Gasteiger partial charge >= 0.3 is 0 Å². The van der Waals surface area contributed by atoms with Crippen LogP contribution in [0.1, 0.15) is 17.2 Å². The average Bonchev–Trinajstić information content (AvgIpc) is 2.29. The van der Waals surface area contributed by atoms with Gasteiger partial charge in [-0.05, 0) is 12.1 Å². The van der Waals surface area contributed by atoms with Crippen LogP contribution in [0, 0.1) is 0 Å². The minimum Gasteiger partial charge on any atom is -0.325 e. The van der Waals surface area contributed by atoms with Gasteiger partial charge in [0.15, 0.2) is 0 Å². The van der Waals surface area contributed by atoms with Crippen LogP contribution < -0.4 is 11.3 Å². The Morgan fingerprint density at radius 3 is 2.88 bits per heavy atom. The number of H-pyrrole nitrogens is 1. The Hall–Kier alpha value is -2.01. The van der Waals surface area contributed by atoms with Gasteiger partial charge in [0, 0.05) is 30.9 Å². The molecule has 0 saturated carbocycles. The summed E-state index contributed by atoms with van der Waals surface area (Å²) in [5.74, 6) is 0.589. The van der Waals surface area contributed by atoms with Crippen molar-refractivity contribution in [2.45, 2.75) is 13.0 Å². The van der Waals surface area contributed by atoms with Gasteiger partial charge in [0.05, 0.1) is 5.69 Å². The number of nitrogens with one attached hydrogen (secondary N) is 1. The molecule has 0 bridgehead atoms. The first-order valence-electron chi connectivity index (χ1n) is 4.97. The van der Waals surface area contributed by atoms with Crippen molar-refractivity contribution in [3.8, 4) is 0 Å². The molecule has 3 N–H and O–H groups in total. The maximum absolute atomic E-state index is 11.3. The highest BCUT2D eigenvalue weighted by molar-refractivity contribution is 5.11. The molecule has 0 aliphatic carbocycles. The zero-order valence-electron chi connectivity index (χ0n) is 8.68. The topological polar surface area (TPSA) is 84.7 Å². The predicted molar refractivity (Wildman–Crippen MR) is 59.8 cm³/mol. The van der Waals surface area contributed by atoms with E-state index in [-0.39, 0.29) is 12.1 Å². The lowest BCUT2D eigenvalue weighted by molar-refractivity contribution is 0.862. The standard InChI is InChI=1S/C11H12N4O/c12-7-9-6-11(16)15-10(14-9)5-8-3-1-2-4-13-8/h1-4,6H,5,7,12H2,(H,14,15,16). The molecule has 0 aliphatic rings. The fourth-order valence-electron chi connectivity index (χ4n) is 1.43. The zero-order valence-corrected chi connectivity index (χ0v) is 8.68. The van der Waals surface area contributed by atoms with Crippen LogP contribution in [0.15, 0.2) is 35.3 Å². The van der Waals surface area contributed by atoms with Gasteiger partial charge in [0.1, 0.15) is 5.82 Å². The Morgan fingerprint density at radius 1 is 1.31 bits per heavy atom. The molecule has 0 amide bonds. The summed E-state index contributed by atoms with van der Waals surface area (Å²) in [7, 11) is 0. The Labute approximate surface area is 92.4 Å². The lowest BCUT2D eigenvalue weighted by Gasteiger charge is -2.02. The quantitative estimate of drug-likeness (QED) is 0.768. The molecule has 0 atom stereocenters. The van der Waals surface area contributed by atoms with Crippen molar-refractivity contribution in [3.63, 3.8) is 0 Å². The van der Waals surface area contributed by atoms with Crippen LogP contribution in [0.2, 0.25) is 0 Å². The summed E-state index contributed by atoms with van der Waals surface area (Å²) in [6.07, 6.45) is 2.21. The van der Waals surface area contributed by atoms with E-state index in [0.717, 1.165) is 5.69 Å². The normalized spacial score (nSPS) is 10.3. The second-order valence-corrected chi connectivity index (χ2v) is 3.39. The molecule has 0 spiro atoms. The third-order valence-corrected chi connectivity index (χ3v) is 2.13. The van der Waals surface area contributed by atoms with Gasteiger partial charge in [-0.25, -0.2) is 4.98 Å². The molecule has 0 saturated heterocycles. The van der Waals surface area contributed by atoms with Crippen molar-refractivity contribution in [1.29, 1.82) is 0 Å². The summed E-state index contributed by atoms with van der Waals surface area (Å²) in [5.41, 5.74) is 6.72. The van der Waals surface area contributed by atoms with E-state index in [1.54, 1.807) is 6.20 Å². The summed E-state index contributed by atoms with van der Waals surface area (Å²) in [4.78, 5) is 22.3. The number of hydrogen-bond donors (Lipinski definition) is 2. The smallest absolute Gasteiger partial charge is 0.251 e. The van der Waals surface area contributed by atoms with Gasteiger partial charge in [-0.1, -0.05) is 6.07 Å². The van der Waals surface area contributed by atoms with Gasteiger partial charge in [0.25, 0.3) is 5.56 Å². The van der Waals surface area contributed by atoms with Crippen molar-refractivity contribution in [3.05, 3.63) is 58.0 Å². The number of hydrogen-bond acceptors (Lipinski definition) is 4. The van der Waals surface area contributed by atoms with E-state index < -0.39 is 0 Å². The van der Waals surface area contributed by atoms with E-state index in [2.05, 4.69) is 15.0 Å². The molecule has 82 valence electrons. The van der Waals surface area contributed by atoms with E-state index in [1.165, 1.54) is 6.07 Å². The fraction of sp³-hybridized carbons (Fsp3) is 0.182. The minimum absolute atomic E-state index is 0.179. The molecule has 5 heteroatoms. The average molecular weight is 216 g/mol. The summed E-state index contributed by atoms with van der Waals surface area (Å²) >= 11 is 0. The molecule has 16 heavy (non-hydrogen) atoms. The third kappa shape index (κ3) is 2.52. The van der Waals surface area contributed by atoms with Crippen LogP contribution in [0.25, 0.3) is 0 Å². The number of nitrogens with two attached hydrogens (primary N) is 1. The Bertz CT molecular complexity index is 521. The third-order valence-electron chi connectivity index (χ3n) is 2.13. The fourth-order valence-corrected chi connectivity index (χ4v) is 1.43. The van der Waals surface area contributed by atoms with Crippen LogP contribution in [0.3, 0.4) is 0 Å². The SMILES string of the molecule is NCc1cc(=O)[nH]c(Cc2ccccn2)n1. The van der Waals surface area contributed by atoms with E-state index in [1.807, 2.05) is 18.2 Å². The summed E-state index contributed by atoms with van der Waals surface area (Å²) in [6, 6.07) is 7.03. The van der Waals surface area contributed by atoms with Gasteiger partial charge in [-0.3, -0.25) is 9.78 Å². The molecule has 0 radical (unpaired) electrons. The van der Waals surface area contributed by atoms with E-state index in [4.69, 9.17) is 5.73 Å². The van der Waals surface area contributed by atoms with Crippen molar-refractivity contribution >= 4 is 0 Å². The monoisotopic (exact) mass is 216 g/mol. The molecule has 2 aromatic heterocycles.